The molecule has 0 aliphatic rings. The number of nitrogens with zero attached hydrogens (tertiary/aromatic N) is 2. The molecule has 3 N–H and O–H groups in total. The van der Waals surface area contributed by atoms with Gasteiger partial charge in [-0.05, 0) is 31.2 Å². The van der Waals surface area contributed by atoms with E-state index in [1.54, 1.807) is 23.0 Å². The number of anilines is 2. The minimum atomic E-state index is -0.0458. The van der Waals surface area contributed by atoms with E-state index in [-0.39, 0.29) is 5.91 Å². The van der Waals surface area contributed by atoms with E-state index in [0.29, 0.717) is 18.7 Å². The van der Waals surface area contributed by atoms with Crippen LogP contribution in [0.3, 0.4) is 0 Å². The molecule has 5 heteroatoms. The number of nitrogens with two attached hydrogens (primary N) is 1. The first-order chi connectivity index (χ1) is 8.65. The maximum atomic E-state index is 11.7. The molecular weight excluding hydrogens is 228 g/mol. The Kier molecular flexibility index (Phi) is 3.62. The summed E-state index contributed by atoms with van der Waals surface area (Å²) in [5.41, 5.74) is 8.04. The van der Waals surface area contributed by atoms with Crippen molar-refractivity contribution < 1.29 is 4.79 Å². The molecule has 2 aromatic rings. The molecule has 0 atom stereocenters. The first-order valence-corrected chi connectivity index (χ1v) is 5.79. The zero-order valence-electron chi connectivity index (χ0n) is 10.3. The van der Waals surface area contributed by atoms with Crippen molar-refractivity contribution in [3.63, 3.8) is 0 Å². The normalized spacial score (nSPS) is 10.3. The summed E-state index contributed by atoms with van der Waals surface area (Å²) in [7, 11) is 0. The summed E-state index contributed by atoms with van der Waals surface area (Å²) in [6.07, 6.45) is 2.11. The van der Waals surface area contributed by atoms with Gasteiger partial charge in [0, 0.05) is 36.2 Å². The van der Waals surface area contributed by atoms with Crippen LogP contribution >= 0.6 is 0 Å². The third-order valence-electron chi connectivity index (χ3n) is 2.65. The number of hydrogen-bond acceptors (Lipinski definition) is 3. The molecule has 94 valence electrons. The molecular formula is C13H16N4O. The molecule has 2 rings (SSSR count). The molecule has 0 aliphatic carbocycles. The van der Waals surface area contributed by atoms with Gasteiger partial charge in [0.15, 0.2) is 0 Å². The Morgan fingerprint density at radius 1 is 1.44 bits per heavy atom. The van der Waals surface area contributed by atoms with Crippen molar-refractivity contribution in [1.29, 1.82) is 0 Å². The lowest BCUT2D eigenvalue weighted by Gasteiger charge is -2.07. The number of nitrogen functional groups attached to an aromatic ring is 1. The van der Waals surface area contributed by atoms with Gasteiger partial charge < -0.3 is 11.1 Å². The van der Waals surface area contributed by atoms with Gasteiger partial charge in [-0.3, -0.25) is 9.48 Å². The Balaban J connectivity index is 1.88. The van der Waals surface area contributed by atoms with E-state index in [0.717, 1.165) is 11.4 Å². The fourth-order valence-corrected chi connectivity index (χ4v) is 1.68. The Bertz CT molecular complexity index is 547. The summed E-state index contributed by atoms with van der Waals surface area (Å²) in [4.78, 5) is 11.7. The summed E-state index contributed by atoms with van der Waals surface area (Å²) in [5.74, 6) is -0.0458. The highest BCUT2D eigenvalue weighted by Crippen LogP contribution is 2.12. The highest BCUT2D eigenvalue weighted by Gasteiger charge is 2.04. The van der Waals surface area contributed by atoms with Crippen molar-refractivity contribution in [3.8, 4) is 0 Å². The van der Waals surface area contributed by atoms with Crippen LogP contribution in [-0.4, -0.2) is 15.7 Å². The van der Waals surface area contributed by atoms with Gasteiger partial charge in [0.05, 0.1) is 0 Å². The Morgan fingerprint density at radius 3 is 2.94 bits per heavy atom. The minimum absolute atomic E-state index is 0.0458. The molecule has 0 saturated carbocycles. The summed E-state index contributed by atoms with van der Waals surface area (Å²) in [6, 6.07) is 9.05. The number of aromatic nitrogens is 2. The first-order valence-electron chi connectivity index (χ1n) is 5.79. The van der Waals surface area contributed by atoms with Gasteiger partial charge in [0.1, 0.15) is 0 Å². The molecule has 18 heavy (non-hydrogen) atoms. The number of amides is 1. The standard InChI is InChI=1S/C13H16N4O/c1-10-5-7-15-17(10)8-6-13(18)16-12-4-2-3-11(14)9-12/h2-5,7,9H,6,8,14H2,1H3,(H,16,18). The van der Waals surface area contributed by atoms with Crippen molar-refractivity contribution in [2.75, 3.05) is 11.1 Å². The van der Waals surface area contributed by atoms with Gasteiger partial charge in [-0.1, -0.05) is 6.07 Å². The van der Waals surface area contributed by atoms with Crippen LogP contribution in [-0.2, 0) is 11.3 Å². The monoisotopic (exact) mass is 244 g/mol. The Labute approximate surface area is 106 Å². The van der Waals surface area contributed by atoms with Crippen molar-refractivity contribution in [1.82, 2.24) is 9.78 Å². The number of aryl methyl sites for hydroxylation is 2. The lowest BCUT2D eigenvalue weighted by atomic mass is 10.2. The molecule has 0 aliphatic heterocycles. The van der Waals surface area contributed by atoms with E-state index >= 15 is 0 Å². The molecule has 1 heterocycles. The van der Waals surface area contributed by atoms with Gasteiger partial charge in [0.2, 0.25) is 5.91 Å². The molecule has 0 bridgehead atoms. The van der Waals surface area contributed by atoms with Crippen molar-refractivity contribution in [3.05, 3.63) is 42.2 Å². The number of carbonyl (C=O) groups is 1. The lowest BCUT2D eigenvalue weighted by molar-refractivity contribution is -0.116. The fraction of sp³-hybridized carbons (Fsp3) is 0.231. The molecule has 1 amide bonds. The van der Waals surface area contributed by atoms with E-state index in [1.807, 2.05) is 25.1 Å². The second-order valence-electron chi connectivity index (χ2n) is 4.12. The molecule has 0 saturated heterocycles. The summed E-state index contributed by atoms with van der Waals surface area (Å²) < 4.78 is 1.80. The van der Waals surface area contributed by atoms with Crippen LogP contribution in [0.25, 0.3) is 0 Å². The molecule has 0 fully saturated rings. The third-order valence-corrected chi connectivity index (χ3v) is 2.65. The SMILES string of the molecule is Cc1ccnn1CCC(=O)Nc1cccc(N)c1. The number of hydrogen-bond donors (Lipinski definition) is 2. The largest absolute Gasteiger partial charge is 0.399 e. The van der Waals surface area contributed by atoms with Crippen molar-refractivity contribution >= 4 is 17.3 Å². The predicted octanol–water partition coefficient (Wildman–Crippen LogP) is 1.80. The number of nitrogens with one attached hydrogen (secondary N) is 1. The van der Waals surface area contributed by atoms with Gasteiger partial charge in [-0.25, -0.2) is 0 Å². The summed E-state index contributed by atoms with van der Waals surface area (Å²) >= 11 is 0. The molecule has 0 spiro atoms. The van der Waals surface area contributed by atoms with Crippen LogP contribution < -0.4 is 11.1 Å². The second-order valence-corrected chi connectivity index (χ2v) is 4.12. The first kappa shape index (κ1) is 12.2. The van der Waals surface area contributed by atoms with Gasteiger partial charge in [-0.15, -0.1) is 0 Å². The Morgan fingerprint density at radius 2 is 2.28 bits per heavy atom. The number of benzene rings is 1. The summed E-state index contributed by atoms with van der Waals surface area (Å²) in [5, 5.41) is 6.93. The number of rotatable bonds is 4. The summed E-state index contributed by atoms with van der Waals surface area (Å²) in [6.45, 7) is 2.54. The third kappa shape index (κ3) is 3.10. The van der Waals surface area contributed by atoms with E-state index in [2.05, 4.69) is 10.4 Å². The van der Waals surface area contributed by atoms with Gasteiger partial charge >= 0.3 is 0 Å². The topological polar surface area (TPSA) is 72.9 Å². The smallest absolute Gasteiger partial charge is 0.226 e. The van der Waals surface area contributed by atoms with E-state index in [9.17, 15) is 4.79 Å². The molecule has 0 unspecified atom stereocenters. The zero-order chi connectivity index (χ0) is 13.0. The molecule has 5 nitrogen and oxygen atoms in total. The molecule has 0 radical (unpaired) electrons. The highest BCUT2D eigenvalue weighted by atomic mass is 16.1. The van der Waals surface area contributed by atoms with E-state index in [4.69, 9.17) is 5.73 Å². The van der Waals surface area contributed by atoms with Gasteiger partial charge in [-0.2, -0.15) is 5.10 Å². The van der Waals surface area contributed by atoms with Crippen molar-refractivity contribution in [2.45, 2.75) is 19.9 Å². The van der Waals surface area contributed by atoms with Crippen LogP contribution in [0.2, 0.25) is 0 Å². The average molecular weight is 244 g/mol. The zero-order valence-corrected chi connectivity index (χ0v) is 10.3. The lowest BCUT2D eigenvalue weighted by Crippen LogP contribution is -2.15. The second kappa shape index (κ2) is 5.35. The van der Waals surface area contributed by atoms with Crippen molar-refractivity contribution in [2.24, 2.45) is 0 Å². The van der Waals surface area contributed by atoms with Crippen LogP contribution in [0.5, 0.6) is 0 Å². The van der Waals surface area contributed by atoms with Crippen LogP contribution in [0.1, 0.15) is 12.1 Å². The Hall–Kier alpha value is -2.30. The van der Waals surface area contributed by atoms with E-state index in [1.165, 1.54) is 0 Å². The average Bonchev–Trinajstić information content (AvgIpc) is 2.72. The van der Waals surface area contributed by atoms with Crippen LogP contribution in [0.15, 0.2) is 36.5 Å². The van der Waals surface area contributed by atoms with Crippen LogP contribution in [0.4, 0.5) is 11.4 Å². The van der Waals surface area contributed by atoms with E-state index < -0.39 is 0 Å². The van der Waals surface area contributed by atoms with Crippen LogP contribution in [0, 0.1) is 6.92 Å². The quantitative estimate of drug-likeness (QED) is 0.805. The maximum absolute atomic E-state index is 11.7. The fourth-order valence-electron chi connectivity index (χ4n) is 1.68. The number of carbonyl (C=O) groups excluding carboxylic acids is 1. The van der Waals surface area contributed by atoms with Gasteiger partial charge in [0.25, 0.3) is 0 Å². The molecule has 1 aromatic heterocycles. The maximum Gasteiger partial charge on any atom is 0.226 e. The predicted molar refractivity (Wildman–Crippen MR) is 71.1 cm³/mol. The highest BCUT2D eigenvalue weighted by molar-refractivity contribution is 5.91. The minimum Gasteiger partial charge on any atom is -0.399 e. The molecule has 1 aromatic carbocycles.